The number of hydrogen-bond acceptors (Lipinski definition) is 1. The minimum atomic E-state index is 1.08. The molecule has 0 atom stereocenters. The van der Waals surface area contributed by atoms with Gasteiger partial charge in [0.1, 0.15) is 0 Å². The predicted octanol–water partition coefficient (Wildman–Crippen LogP) is 9.74. The molecule has 40 heavy (non-hydrogen) atoms. The number of nitrogens with one attached hydrogen (secondary N) is 1. The number of aromatic amines is 1. The quantitative estimate of drug-likeness (QED) is 0.225. The highest BCUT2D eigenvalue weighted by atomic mass is 32.1. The molecule has 0 radical (unpaired) electrons. The van der Waals surface area contributed by atoms with Crippen LogP contribution < -0.4 is 0 Å². The Morgan fingerprint density at radius 1 is 0.575 bits per heavy atom. The van der Waals surface area contributed by atoms with Crippen molar-refractivity contribution in [2.24, 2.45) is 0 Å². The van der Waals surface area contributed by atoms with E-state index in [-0.39, 0.29) is 0 Å². The molecule has 0 aliphatic carbocycles. The molecular formula is C36H25N3S. The first-order valence-electron chi connectivity index (χ1n) is 13.5. The molecule has 0 unspecified atom stereocenters. The van der Waals surface area contributed by atoms with E-state index < -0.39 is 0 Å². The van der Waals surface area contributed by atoms with Crippen LogP contribution in [0.2, 0.25) is 0 Å². The lowest BCUT2D eigenvalue weighted by molar-refractivity contribution is 1.11. The number of hydrogen-bond donors (Lipinski definition) is 1. The van der Waals surface area contributed by atoms with Gasteiger partial charge in [0.15, 0.2) is 0 Å². The van der Waals surface area contributed by atoms with E-state index in [1.54, 1.807) is 5.37 Å². The fraction of sp³-hybridized carbons (Fsp3) is 0.0278. The molecule has 0 spiro atoms. The third kappa shape index (κ3) is 3.20. The average molecular weight is 532 g/mol. The van der Waals surface area contributed by atoms with Gasteiger partial charge in [0.2, 0.25) is 0 Å². The summed E-state index contributed by atoms with van der Waals surface area (Å²) < 4.78 is 4.70. The van der Waals surface area contributed by atoms with Gasteiger partial charge in [0.05, 0.1) is 22.2 Å². The van der Waals surface area contributed by atoms with E-state index in [2.05, 4.69) is 135 Å². The third-order valence-corrected chi connectivity index (χ3v) is 8.29. The van der Waals surface area contributed by atoms with Gasteiger partial charge in [-0.2, -0.15) is 0 Å². The molecule has 0 saturated heterocycles. The van der Waals surface area contributed by atoms with Crippen LogP contribution in [-0.2, 0) is 0 Å². The summed E-state index contributed by atoms with van der Waals surface area (Å²) >= 11 is 5.48. The second kappa shape index (κ2) is 8.80. The molecule has 5 aromatic carbocycles. The first kappa shape index (κ1) is 23.0. The molecule has 1 N–H and O–H groups in total. The van der Waals surface area contributed by atoms with Crippen molar-refractivity contribution in [1.82, 2.24) is 14.1 Å². The van der Waals surface area contributed by atoms with Crippen LogP contribution in [0.1, 0.15) is 18.2 Å². The number of fused-ring (bicyclic) bond motifs is 7. The average Bonchev–Trinajstić information content (AvgIpc) is 3.64. The van der Waals surface area contributed by atoms with Crippen LogP contribution in [0.25, 0.3) is 72.0 Å². The highest BCUT2D eigenvalue weighted by Gasteiger charge is 2.17. The zero-order valence-electron chi connectivity index (χ0n) is 21.9. The van der Waals surface area contributed by atoms with Gasteiger partial charge in [0.25, 0.3) is 0 Å². The van der Waals surface area contributed by atoms with Crippen LogP contribution in [0.3, 0.4) is 0 Å². The zero-order valence-corrected chi connectivity index (χ0v) is 22.7. The minimum Gasteiger partial charge on any atom is -0.355 e. The van der Waals surface area contributed by atoms with Crippen LogP contribution >= 0.6 is 12.2 Å². The Balaban J connectivity index is 1.40. The van der Waals surface area contributed by atoms with Crippen LogP contribution in [0.5, 0.6) is 0 Å². The number of benzene rings is 5. The van der Waals surface area contributed by atoms with E-state index in [9.17, 15) is 0 Å². The van der Waals surface area contributed by atoms with Gasteiger partial charge < -0.3 is 14.1 Å². The van der Waals surface area contributed by atoms with Crippen molar-refractivity contribution in [2.75, 3.05) is 0 Å². The molecule has 0 aliphatic heterocycles. The lowest BCUT2D eigenvalue weighted by atomic mass is 10.1. The topological polar surface area (TPSA) is 25.6 Å². The molecule has 0 amide bonds. The molecule has 0 aliphatic rings. The van der Waals surface area contributed by atoms with Crippen molar-refractivity contribution in [3.8, 4) is 11.4 Å². The molecule has 4 heteroatoms. The zero-order chi connectivity index (χ0) is 26.8. The van der Waals surface area contributed by atoms with E-state index in [1.165, 1.54) is 38.0 Å². The summed E-state index contributed by atoms with van der Waals surface area (Å²) in [6.45, 7) is 2.05. The number of nitrogens with zero attached hydrogens (tertiary/aromatic N) is 2. The summed E-state index contributed by atoms with van der Waals surface area (Å²) in [7, 11) is 0. The predicted molar refractivity (Wildman–Crippen MR) is 174 cm³/mol. The maximum Gasteiger partial charge on any atom is 0.0546 e. The first-order chi connectivity index (χ1) is 19.8. The van der Waals surface area contributed by atoms with Gasteiger partial charge in [-0.3, -0.25) is 0 Å². The van der Waals surface area contributed by atoms with Gasteiger partial charge >= 0.3 is 0 Å². The Hall–Kier alpha value is -4.93. The smallest absolute Gasteiger partial charge is 0.0546 e. The molecule has 8 aromatic rings. The molecule has 0 bridgehead atoms. The summed E-state index contributed by atoms with van der Waals surface area (Å²) in [5.41, 5.74) is 10.3. The van der Waals surface area contributed by atoms with Gasteiger partial charge in [-0.1, -0.05) is 72.9 Å². The SMILES string of the molecule is C/C=C\c1c(C=S)c2ccccc2n1-c1ccc2[nH]c3ccc(-n4c5ccccc5c5ccccc54)cc3c2c1. The normalized spacial score (nSPS) is 12.1. The van der Waals surface area contributed by atoms with E-state index in [4.69, 9.17) is 12.2 Å². The van der Waals surface area contributed by atoms with Gasteiger partial charge in [0, 0.05) is 60.3 Å². The lowest BCUT2D eigenvalue weighted by Crippen LogP contribution is -1.97. The highest BCUT2D eigenvalue weighted by Crippen LogP contribution is 2.36. The molecule has 3 aromatic heterocycles. The minimum absolute atomic E-state index is 1.08. The second-order valence-electron chi connectivity index (χ2n) is 10.2. The Morgan fingerprint density at radius 3 is 1.62 bits per heavy atom. The van der Waals surface area contributed by atoms with Gasteiger partial charge in [-0.05, 0) is 67.6 Å². The van der Waals surface area contributed by atoms with Crippen molar-refractivity contribution in [1.29, 1.82) is 0 Å². The van der Waals surface area contributed by atoms with Gasteiger partial charge in [-0.15, -0.1) is 0 Å². The van der Waals surface area contributed by atoms with E-state index in [0.29, 0.717) is 0 Å². The first-order valence-corrected chi connectivity index (χ1v) is 14.0. The van der Waals surface area contributed by atoms with E-state index in [1.807, 2.05) is 6.92 Å². The van der Waals surface area contributed by atoms with E-state index >= 15 is 0 Å². The maximum atomic E-state index is 5.48. The van der Waals surface area contributed by atoms with E-state index in [0.717, 1.165) is 39.2 Å². The maximum absolute atomic E-state index is 5.48. The van der Waals surface area contributed by atoms with Crippen molar-refractivity contribution < 1.29 is 0 Å². The fourth-order valence-electron chi connectivity index (χ4n) is 6.36. The second-order valence-corrected chi connectivity index (χ2v) is 10.5. The Labute approximate surface area is 236 Å². The molecule has 190 valence electrons. The van der Waals surface area contributed by atoms with Crippen LogP contribution in [0.4, 0.5) is 0 Å². The monoisotopic (exact) mass is 531 g/mol. The van der Waals surface area contributed by atoms with Crippen LogP contribution in [0.15, 0.2) is 115 Å². The summed E-state index contributed by atoms with van der Waals surface area (Å²) in [5.74, 6) is 0. The van der Waals surface area contributed by atoms with Crippen molar-refractivity contribution in [3.63, 3.8) is 0 Å². The van der Waals surface area contributed by atoms with Crippen LogP contribution in [-0.4, -0.2) is 19.5 Å². The van der Waals surface area contributed by atoms with Gasteiger partial charge in [-0.25, -0.2) is 0 Å². The largest absolute Gasteiger partial charge is 0.355 e. The molecular weight excluding hydrogens is 506 g/mol. The summed E-state index contributed by atoms with van der Waals surface area (Å²) in [6.07, 6.45) is 4.23. The standard InChI is InChI=1S/C36H25N3S/c1-2-9-33-30(22-40)27-12-5-8-15-36(27)38(33)23-16-18-31-28(20-23)29-21-24(17-19-32(29)37-31)39-34-13-6-3-10-25(34)26-11-4-7-14-35(26)39/h2-22,37H,1H3/b9-2-. The number of para-hydroxylation sites is 3. The Morgan fingerprint density at radius 2 is 1.07 bits per heavy atom. The summed E-state index contributed by atoms with van der Waals surface area (Å²) in [4.78, 5) is 3.64. The highest BCUT2D eigenvalue weighted by molar-refractivity contribution is 7.79. The number of aromatic nitrogens is 3. The van der Waals surface area contributed by atoms with Crippen molar-refractivity contribution in [3.05, 3.63) is 127 Å². The molecule has 0 saturated carbocycles. The molecule has 3 nitrogen and oxygen atoms in total. The number of thiocarbonyl (C=S) groups is 1. The number of H-pyrrole nitrogens is 1. The van der Waals surface area contributed by atoms with Crippen molar-refractivity contribution >= 4 is 78.2 Å². The number of allylic oxidation sites excluding steroid dienone is 1. The van der Waals surface area contributed by atoms with Crippen LogP contribution in [0, 0.1) is 0 Å². The summed E-state index contributed by atoms with van der Waals surface area (Å²) in [5, 5.41) is 7.91. The van der Waals surface area contributed by atoms with Crippen molar-refractivity contribution in [2.45, 2.75) is 6.92 Å². The number of rotatable bonds is 4. The third-order valence-electron chi connectivity index (χ3n) is 8.06. The lowest BCUT2D eigenvalue weighted by Gasteiger charge is -2.10. The Kier molecular flexibility index (Phi) is 5.06. The molecule has 0 fully saturated rings. The summed E-state index contributed by atoms with van der Waals surface area (Å²) in [6, 6.07) is 39.2. The molecule has 8 rings (SSSR count). The Bertz CT molecular complexity index is 2260. The molecule has 3 heterocycles. The fourth-order valence-corrected chi connectivity index (χ4v) is 6.61.